The molecular formula is C21H30ClN5O2. The highest BCUT2D eigenvalue weighted by molar-refractivity contribution is 5.93. The van der Waals surface area contributed by atoms with E-state index in [-0.39, 0.29) is 30.5 Å². The molecule has 0 saturated carbocycles. The van der Waals surface area contributed by atoms with Crippen LogP contribution >= 0.6 is 12.4 Å². The Labute approximate surface area is 178 Å². The van der Waals surface area contributed by atoms with Crippen LogP contribution in [0.3, 0.4) is 0 Å². The minimum atomic E-state index is -0.117. The van der Waals surface area contributed by atoms with Gasteiger partial charge in [0.1, 0.15) is 5.75 Å². The molecule has 0 aliphatic carbocycles. The van der Waals surface area contributed by atoms with E-state index in [1.807, 2.05) is 45.0 Å². The first-order valence-electron chi connectivity index (χ1n) is 10.3. The lowest BCUT2D eigenvalue weighted by molar-refractivity contribution is 0.0918. The highest BCUT2D eigenvalue weighted by atomic mass is 35.5. The lowest BCUT2D eigenvalue weighted by Crippen LogP contribution is -2.48. The fourth-order valence-corrected chi connectivity index (χ4v) is 4.37. The molecule has 0 radical (unpaired) electrons. The van der Waals surface area contributed by atoms with E-state index in [0.29, 0.717) is 24.2 Å². The maximum Gasteiger partial charge on any atom is 0.273 e. The SMILES string of the molecule is CCc1c(C(=O)NC2CC3CCC(C2)N3)nnn1-c1ccc(OC(C)C)cc1.Cl. The smallest absolute Gasteiger partial charge is 0.273 e. The van der Waals surface area contributed by atoms with E-state index in [2.05, 4.69) is 20.9 Å². The van der Waals surface area contributed by atoms with Gasteiger partial charge in [0.15, 0.2) is 5.69 Å². The monoisotopic (exact) mass is 419 g/mol. The second kappa shape index (κ2) is 9.13. The zero-order valence-electron chi connectivity index (χ0n) is 17.2. The quantitative estimate of drug-likeness (QED) is 0.752. The minimum absolute atomic E-state index is 0. The van der Waals surface area contributed by atoms with Gasteiger partial charge in [-0.15, -0.1) is 17.5 Å². The van der Waals surface area contributed by atoms with Gasteiger partial charge in [0.25, 0.3) is 5.91 Å². The predicted molar refractivity (Wildman–Crippen MR) is 114 cm³/mol. The number of aromatic nitrogens is 3. The Morgan fingerprint density at radius 1 is 1.24 bits per heavy atom. The van der Waals surface area contributed by atoms with Gasteiger partial charge in [0.05, 0.1) is 17.5 Å². The number of fused-ring (bicyclic) bond motifs is 2. The Bertz CT molecular complexity index is 824. The van der Waals surface area contributed by atoms with Crippen LogP contribution < -0.4 is 15.4 Å². The van der Waals surface area contributed by atoms with Crippen LogP contribution in [0, 0.1) is 0 Å². The van der Waals surface area contributed by atoms with Gasteiger partial charge in [-0.2, -0.15) is 0 Å². The van der Waals surface area contributed by atoms with Crippen molar-refractivity contribution in [1.82, 2.24) is 25.6 Å². The fraction of sp³-hybridized carbons (Fsp3) is 0.571. The summed E-state index contributed by atoms with van der Waals surface area (Å²) in [6.45, 7) is 6.02. The van der Waals surface area contributed by atoms with Crippen LogP contribution in [0.15, 0.2) is 24.3 Å². The second-order valence-corrected chi connectivity index (χ2v) is 8.09. The summed E-state index contributed by atoms with van der Waals surface area (Å²) in [6.07, 6.45) is 5.22. The first-order valence-corrected chi connectivity index (χ1v) is 10.3. The molecule has 8 heteroatoms. The summed E-state index contributed by atoms with van der Waals surface area (Å²) in [5.74, 6) is 0.699. The van der Waals surface area contributed by atoms with Crippen molar-refractivity contribution in [3.63, 3.8) is 0 Å². The number of piperidine rings is 1. The first kappa shape index (κ1) is 21.6. The van der Waals surface area contributed by atoms with Crippen LogP contribution in [0.4, 0.5) is 0 Å². The van der Waals surface area contributed by atoms with Crippen molar-refractivity contribution in [1.29, 1.82) is 0 Å². The molecule has 7 nitrogen and oxygen atoms in total. The van der Waals surface area contributed by atoms with Gasteiger partial charge in [-0.1, -0.05) is 12.1 Å². The molecule has 2 aliphatic rings. The largest absolute Gasteiger partial charge is 0.491 e. The number of benzene rings is 1. The predicted octanol–water partition coefficient (Wildman–Crippen LogP) is 3.05. The summed E-state index contributed by atoms with van der Waals surface area (Å²) in [6, 6.07) is 9.01. The molecule has 2 N–H and O–H groups in total. The molecule has 0 spiro atoms. The van der Waals surface area contributed by atoms with Crippen LogP contribution in [0.25, 0.3) is 5.69 Å². The van der Waals surface area contributed by atoms with E-state index in [1.54, 1.807) is 4.68 Å². The Balaban J connectivity index is 0.00000240. The summed E-state index contributed by atoms with van der Waals surface area (Å²) in [4.78, 5) is 12.9. The van der Waals surface area contributed by atoms with Gasteiger partial charge in [-0.3, -0.25) is 4.79 Å². The van der Waals surface area contributed by atoms with Crippen molar-refractivity contribution >= 4 is 18.3 Å². The third-order valence-electron chi connectivity index (χ3n) is 5.57. The van der Waals surface area contributed by atoms with Gasteiger partial charge < -0.3 is 15.4 Å². The molecule has 3 heterocycles. The number of rotatable bonds is 6. The van der Waals surface area contributed by atoms with Crippen LogP contribution in [0.5, 0.6) is 5.75 Å². The molecule has 2 bridgehead atoms. The molecule has 1 amide bonds. The lowest BCUT2D eigenvalue weighted by atomic mass is 9.99. The molecule has 1 aromatic carbocycles. The van der Waals surface area contributed by atoms with Gasteiger partial charge >= 0.3 is 0 Å². The molecule has 4 rings (SSSR count). The van der Waals surface area contributed by atoms with Gasteiger partial charge in [0, 0.05) is 18.1 Å². The first-order chi connectivity index (χ1) is 13.5. The van der Waals surface area contributed by atoms with Crippen LogP contribution in [-0.4, -0.2) is 45.1 Å². The van der Waals surface area contributed by atoms with Crippen molar-refractivity contribution in [3.05, 3.63) is 35.7 Å². The Hall–Kier alpha value is -2.12. The van der Waals surface area contributed by atoms with E-state index in [1.165, 1.54) is 12.8 Å². The van der Waals surface area contributed by atoms with E-state index < -0.39 is 0 Å². The highest BCUT2D eigenvalue weighted by Crippen LogP contribution is 2.27. The third kappa shape index (κ3) is 4.73. The number of amides is 1. The second-order valence-electron chi connectivity index (χ2n) is 8.09. The zero-order chi connectivity index (χ0) is 19.7. The molecule has 2 aliphatic heterocycles. The molecule has 2 fully saturated rings. The van der Waals surface area contributed by atoms with E-state index >= 15 is 0 Å². The molecule has 158 valence electrons. The van der Waals surface area contributed by atoms with Crippen molar-refractivity contribution in [2.45, 2.75) is 77.1 Å². The van der Waals surface area contributed by atoms with E-state index in [4.69, 9.17) is 4.74 Å². The number of nitrogens with one attached hydrogen (secondary N) is 2. The topological polar surface area (TPSA) is 81.1 Å². The number of nitrogens with zero attached hydrogens (tertiary/aromatic N) is 3. The molecule has 29 heavy (non-hydrogen) atoms. The van der Waals surface area contributed by atoms with Crippen LogP contribution in [0.1, 0.15) is 62.6 Å². The molecule has 2 saturated heterocycles. The Morgan fingerprint density at radius 3 is 2.48 bits per heavy atom. The summed E-state index contributed by atoms with van der Waals surface area (Å²) >= 11 is 0. The van der Waals surface area contributed by atoms with Crippen molar-refractivity contribution in [2.75, 3.05) is 0 Å². The fourth-order valence-electron chi connectivity index (χ4n) is 4.37. The number of carbonyl (C=O) groups is 1. The van der Waals surface area contributed by atoms with E-state index in [9.17, 15) is 4.79 Å². The highest BCUT2D eigenvalue weighted by Gasteiger charge is 2.34. The Morgan fingerprint density at radius 2 is 1.90 bits per heavy atom. The Kier molecular flexibility index (Phi) is 6.80. The lowest BCUT2D eigenvalue weighted by Gasteiger charge is -2.29. The number of ether oxygens (including phenoxy) is 1. The molecule has 1 aromatic heterocycles. The number of halogens is 1. The average Bonchev–Trinajstić information content (AvgIpc) is 3.24. The minimum Gasteiger partial charge on any atom is -0.491 e. The van der Waals surface area contributed by atoms with Gasteiger partial charge in [-0.25, -0.2) is 4.68 Å². The zero-order valence-corrected chi connectivity index (χ0v) is 18.0. The molecular weight excluding hydrogens is 390 g/mol. The summed E-state index contributed by atoms with van der Waals surface area (Å²) in [5, 5.41) is 15.3. The van der Waals surface area contributed by atoms with Gasteiger partial charge in [-0.05, 0) is 70.2 Å². The normalized spacial score (nSPS) is 23.0. The number of carbonyl (C=O) groups excluding carboxylic acids is 1. The van der Waals surface area contributed by atoms with Crippen LogP contribution in [0.2, 0.25) is 0 Å². The number of hydrogen-bond donors (Lipinski definition) is 2. The van der Waals surface area contributed by atoms with Crippen molar-refractivity contribution in [3.8, 4) is 11.4 Å². The van der Waals surface area contributed by atoms with E-state index in [0.717, 1.165) is 30.0 Å². The average molecular weight is 420 g/mol. The van der Waals surface area contributed by atoms with Crippen molar-refractivity contribution < 1.29 is 9.53 Å². The summed E-state index contributed by atoms with van der Waals surface area (Å²) in [7, 11) is 0. The summed E-state index contributed by atoms with van der Waals surface area (Å²) < 4.78 is 7.45. The third-order valence-corrected chi connectivity index (χ3v) is 5.57. The van der Waals surface area contributed by atoms with Gasteiger partial charge in [0.2, 0.25) is 0 Å². The maximum absolute atomic E-state index is 12.9. The summed E-state index contributed by atoms with van der Waals surface area (Å²) in [5.41, 5.74) is 2.13. The molecule has 2 atom stereocenters. The molecule has 2 aromatic rings. The van der Waals surface area contributed by atoms with Crippen LogP contribution in [-0.2, 0) is 6.42 Å². The van der Waals surface area contributed by atoms with Crippen molar-refractivity contribution in [2.24, 2.45) is 0 Å². The number of hydrogen-bond acceptors (Lipinski definition) is 5. The molecule has 2 unspecified atom stereocenters. The standard InChI is InChI=1S/C21H29N5O2.ClH/c1-4-19-20(21(27)23-16-11-14-5-6-15(12-16)22-14)24-25-26(19)17-7-9-18(10-8-17)28-13(2)3;/h7-10,13-16,22H,4-6,11-12H2,1-3H3,(H,23,27);1H. The maximum atomic E-state index is 12.9.